The van der Waals surface area contributed by atoms with Gasteiger partial charge in [-0.3, -0.25) is 4.79 Å². The second-order valence-corrected chi connectivity index (χ2v) is 6.29. The molecule has 3 N–H and O–H groups in total. The highest BCUT2D eigenvalue weighted by Crippen LogP contribution is 2.23. The van der Waals surface area contributed by atoms with Crippen LogP contribution in [0.5, 0.6) is 0 Å². The van der Waals surface area contributed by atoms with Crippen LogP contribution in [0.3, 0.4) is 0 Å². The highest BCUT2D eigenvalue weighted by atomic mass is 79.9. The minimum Gasteiger partial charge on any atom is -0.333 e. The van der Waals surface area contributed by atoms with Crippen LogP contribution in [0, 0.1) is 18.6 Å². The van der Waals surface area contributed by atoms with E-state index in [0.29, 0.717) is 11.3 Å². The number of amides is 1. The number of rotatable bonds is 5. The second-order valence-electron chi connectivity index (χ2n) is 5.43. The van der Waals surface area contributed by atoms with E-state index in [1.54, 1.807) is 5.32 Å². The van der Waals surface area contributed by atoms with Crippen molar-refractivity contribution in [1.29, 1.82) is 0 Å². The summed E-state index contributed by atoms with van der Waals surface area (Å²) in [6.07, 6.45) is 0. The molecule has 0 bridgehead atoms. The molecule has 0 aliphatic heterocycles. The summed E-state index contributed by atoms with van der Waals surface area (Å²) >= 11 is 3.40. The van der Waals surface area contributed by atoms with Gasteiger partial charge in [-0.1, -0.05) is 6.07 Å². The van der Waals surface area contributed by atoms with Crippen LogP contribution in [0.4, 0.5) is 14.5 Å². The molecule has 0 saturated carbocycles. The summed E-state index contributed by atoms with van der Waals surface area (Å²) in [4.78, 5) is 12.0. The molecule has 2 aromatic rings. The Morgan fingerprint density at radius 2 is 1.96 bits per heavy atom. The second kappa shape index (κ2) is 7.66. The van der Waals surface area contributed by atoms with Crippen LogP contribution in [0.15, 0.2) is 40.9 Å². The summed E-state index contributed by atoms with van der Waals surface area (Å²) in [5, 5.41) is 4.58. The number of anilines is 1. The van der Waals surface area contributed by atoms with Gasteiger partial charge < -0.3 is 10.6 Å². The molecule has 0 saturated heterocycles. The maximum Gasteiger partial charge on any atom is 0.279 e. The lowest BCUT2D eigenvalue weighted by atomic mass is 10.1. The fourth-order valence-corrected chi connectivity index (χ4v) is 2.73. The van der Waals surface area contributed by atoms with E-state index in [4.69, 9.17) is 0 Å². The standard InChI is InChI=1S/C17H17BrF2N2O/c1-10-3-6-16(13(18)7-10)22-17(23)9-21-11(2)12-4-5-14(19)15(20)8-12/h3-8,11,21H,9H2,1-2H3,(H,22,23)/p+1/t11-/m0/s1. The Morgan fingerprint density at radius 3 is 2.61 bits per heavy atom. The highest BCUT2D eigenvalue weighted by molar-refractivity contribution is 9.10. The number of quaternary nitrogens is 1. The Labute approximate surface area is 142 Å². The Hall–Kier alpha value is -1.79. The maximum absolute atomic E-state index is 13.2. The molecule has 122 valence electrons. The SMILES string of the molecule is Cc1ccc(NC(=O)C[NH2+][C@@H](C)c2ccc(F)c(F)c2)c(Br)c1. The zero-order chi connectivity index (χ0) is 17.0. The molecule has 23 heavy (non-hydrogen) atoms. The predicted molar refractivity (Wildman–Crippen MR) is 89.1 cm³/mol. The molecule has 0 heterocycles. The molecule has 1 atom stereocenters. The van der Waals surface area contributed by atoms with E-state index in [1.807, 2.05) is 32.0 Å². The summed E-state index contributed by atoms with van der Waals surface area (Å²) in [5.74, 6) is -1.91. The molecule has 6 heteroatoms. The van der Waals surface area contributed by atoms with Crippen LogP contribution >= 0.6 is 15.9 Å². The van der Waals surface area contributed by atoms with Crippen molar-refractivity contribution in [3.8, 4) is 0 Å². The minimum absolute atomic E-state index is 0.155. The molecule has 0 unspecified atom stereocenters. The van der Waals surface area contributed by atoms with Gasteiger partial charge >= 0.3 is 0 Å². The average Bonchev–Trinajstić information content (AvgIpc) is 2.50. The van der Waals surface area contributed by atoms with Gasteiger partial charge in [0.05, 0.1) is 5.69 Å². The molecule has 0 aliphatic carbocycles. The third kappa shape index (κ3) is 4.84. The van der Waals surface area contributed by atoms with Crippen molar-refractivity contribution in [3.63, 3.8) is 0 Å². The number of benzene rings is 2. The van der Waals surface area contributed by atoms with Gasteiger partial charge in [0, 0.05) is 10.0 Å². The van der Waals surface area contributed by atoms with Gasteiger partial charge in [0.25, 0.3) is 5.91 Å². The molecular formula is C17H18BrF2N2O+. The van der Waals surface area contributed by atoms with Crippen molar-refractivity contribution in [2.75, 3.05) is 11.9 Å². The van der Waals surface area contributed by atoms with Crippen molar-refractivity contribution >= 4 is 27.5 Å². The van der Waals surface area contributed by atoms with Crippen molar-refractivity contribution in [3.05, 3.63) is 63.6 Å². The van der Waals surface area contributed by atoms with Crippen molar-refractivity contribution in [2.24, 2.45) is 0 Å². The third-order valence-electron chi connectivity index (χ3n) is 3.52. The van der Waals surface area contributed by atoms with E-state index >= 15 is 0 Å². The first-order chi connectivity index (χ1) is 10.9. The van der Waals surface area contributed by atoms with E-state index in [1.165, 1.54) is 6.07 Å². The number of nitrogens with two attached hydrogens (primary N) is 1. The molecule has 0 radical (unpaired) electrons. The predicted octanol–water partition coefficient (Wildman–Crippen LogP) is 3.30. The van der Waals surface area contributed by atoms with E-state index in [9.17, 15) is 13.6 Å². The van der Waals surface area contributed by atoms with Gasteiger partial charge in [0.2, 0.25) is 0 Å². The number of hydrogen-bond acceptors (Lipinski definition) is 1. The Bertz CT molecular complexity index is 722. The van der Waals surface area contributed by atoms with Crippen molar-refractivity contribution < 1.29 is 18.9 Å². The molecule has 0 aliphatic rings. The number of carbonyl (C=O) groups is 1. The van der Waals surface area contributed by atoms with E-state index in [0.717, 1.165) is 22.2 Å². The van der Waals surface area contributed by atoms with E-state index < -0.39 is 11.6 Å². The van der Waals surface area contributed by atoms with Gasteiger partial charge in [0.1, 0.15) is 6.04 Å². The number of halogens is 3. The van der Waals surface area contributed by atoms with Gasteiger partial charge in [-0.25, -0.2) is 8.78 Å². The number of aryl methyl sites for hydroxylation is 1. The fourth-order valence-electron chi connectivity index (χ4n) is 2.14. The first kappa shape index (κ1) is 17.6. The summed E-state index contributed by atoms with van der Waals surface area (Å²) in [6, 6.07) is 9.28. The molecule has 2 aromatic carbocycles. The topological polar surface area (TPSA) is 45.7 Å². The number of carbonyl (C=O) groups excluding carboxylic acids is 1. The summed E-state index contributed by atoms with van der Waals surface area (Å²) < 4.78 is 27.0. The maximum atomic E-state index is 13.2. The van der Waals surface area contributed by atoms with Crippen molar-refractivity contribution in [2.45, 2.75) is 19.9 Å². The molecular weight excluding hydrogens is 366 g/mol. The van der Waals surface area contributed by atoms with Crippen LogP contribution in [-0.4, -0.2) is 12.5 Å². The number of hydrogen-bond donors (Lipinski definition) is 2. The summed E-state index contributed by atoms with van der Waals surface area (Å²) in [6.45, 7) is 3.98. The Balaban J connectivity index is 1.91. The van der Waals surface area contributed by atoms with Crippen LogP contribution in [-0.2, 0) is 4.79 Å². The lowest BCUT2D eigenvalue weighted by Crippen LogP contribution is -2.86. The molecule has 2 rings (SSSR count). The van der Waals surface area contributed by atoms with E-state index in [-0.39, 0.29) is 18.5 Å². The lowest BCUT2D eigenvalue weighted by Gasteiger charge is -2.12. The smallest absolute Gasteiger partial charge is 0.279 e. The Kier molecular flexibility index (Phi) is 5.85. The first-order valence-corrected chi connectivity index (χ1v) is 8.00. The Morgan fingerprint density at radius 1 is 1.22 bits per heavy atom. The van der Waals surface area contributed by atoms with Crippen LogP contribution in [0.1, 0.15) is 24.1 Å². The highest BCUT2D eigenvalue weighted by Gasteiger charge is 2.14. The van der Waals surface area contributed by atoms with E-state index in [2.05, 4.69) is 21.2 Å². The quantitative estimate of drug-likeness (QED) is 0.817. The normalized spacial score (nSPS) is 12.0. The average molecular weight is 384 g/mol. The van der Waals surface area contributed by atoms with Crippen molar-refractivity contribution in [1.82, 2.24) is 0 Å². The largest absolute Gasteiger partial charge is 0.333 e. The summed E-state index contributed by atoms with van der Waals surface area (Å²) in [7, 11) is 0. The first-order valence-electron chi connectivity index (χ1n) is 7.21. The van der Waals surface area contributed by atoms with Crippen LogP contribution in [0.25, 0.3) is 0 Å². The zero-order valence-corrected chi connectivity index (χ0v) is 14.5. The van der Waals surface area contributed by atoms with Gasteiger partial charge in [-0.15, -0.1) is 0 Å². The zero-order valence-electron chi connectivity index (χ0n) is 12.9. The monoisotopic (exact) mass is 383 g/mol. The molecule has 0 spiro atoms. The van der Waals surface area contributed by atoms with Gasteiger partial charge in [0.15, 0.2) is 18.2 Å². The van der Waals surface area contributed by atoms with Gasteiger partial charge in [-0.2, -0.15) is 0 Å². The lowest BCUT2D eigenvalue weighted by molar-refractivity contribution is -0.682. The van der Waals surface area contributed by atoms with Crippen LogP contribution in [0.2, 0.25) is 0 Å². The summed E-state index contributed by atoms with van der Waals surface area (Å²) in [5.41, 5.74) is 2.43. The van der Waals surface area contributed by atoms with Gasteiger partial charge in [-0.05, 0) is 65.7 Å². The molecule has 3 nitrogen and oxygen atoms in total. The molecule has 1 amide bonds. The number of nitrogens with one attached hydrogen (secondary N) is 1. The minimum atomic E-state index is -0.879. The van der Waals surface area contributed by atoms with Crippen LogP contribution < -0.4 is 10.6 Å². The third-order valence-corrected chi connectivity index (χ3v) is 4.18. The molecule has 0 aromatic heterocycles. The molecule has 0 fully saturated rings. The fraction of sp³-hybridized carbons (Fsp3) is 0.235.